The summed E-state index contributed by atoms with van der Waals surface area (Å²) >= 11 is 0. The van der Waals surface area contributed by atoms with Crippen molar-refractivity contribution in [2.24, 2.45) is 5.92 Å². The molecule has 3 rings (SSSR count). The molecule has 1 unspecified atom stereocenters. The Hall–Kier alpha value is -1.75. The summed E-state index contributed by atoms with van der Waals surface area (Å²) < 4.78 is 0. The van der Waals surface area contributed by atoms with Gasteiger partial charge in [0.2, 0.25) is 5.91 Å². The summed E-state index contributed by atoms with van der Waals surface area (Å²) in [6, 6.07) is 3.66. The van der Waals surface area contributed by atoms with Gasteiger partial charge in [0.1, 0.15) is 0 Å². The highest BCUT2D eigenvalue weighted by Gasteiger charge is 2.29. The molecule has 18 heavy (non-hydrogen) atoms. The number of hydrogen-bond donors (Lipinski definition) is 4. The lowest BCUT2D eigenvalue weighted by molar-refractivity contribution is -0.115. The van der Waals surface area contributed by atoms with Crippen molar-refractivity contribution in [1.82, 2.24) is 0 Å². The fourth-order valence-electron chi connectivity index (χ4n) is 2.31. The second-order valence-corrected chi connectivity index (χ2v) is 5.11. The van der Waals surface area contributed by atoms with Gasteiger partial charge >= 0.3 is 0 Å². The summed E-state index contributed by atoms with van der Waals surface area (Å²) in [5.41, 5.74) is 9.08. The molecule has 0 aromatic heterocycles. The topological polar surface area (TPSA) is 87.4 Å². The Labute approximate surface area is 105 Å². The van der Waals surface area contributed by atoms with Crippen LogP contribution in [0.4, 0.5) is 17.1 Å². The van der Waals surface area contributed by atoms with E-state index in [4.69, 9.17) is 5.73 Å². The number of hydrogen-bond acceptors (Lipinski definition) is 4. The van der Waals surface area contributed by atoms with Crippen molar-refractivity contribution >= 4 is 23.0 Å². The van der Waals surface area contributed by atoms with Crippen molar-refractivity contribution in [2.75, 3.05) is 22.9 Å². The number of rotatable bonds is 4. The second kappa shape index (κ2) is 4.17. The Morgan fingerprint density at radius 1 is 1.50 bits per heavy atom. The number of fused-ring (bicyclic) bond motifs is 1. The highest BCUT2D eigenvalue weighted by molar-refractivity contribution is 6.00. The van der Waals surface area contributed by atoms with Gasteiger partial charge in [-0.15, -0.1) is 0 Å². The largest absolute Gasteiger partial charge is 0.397 e. The summed E-state index contributed by atoms with van der Waals surface area (Å²) in [5.74, 6) is 0.437. The van der Waals surface area contributed by atoms with Crippen LogP contribution in [0.1, 0.15) is 18.4 Å². The number of carbonyl (C=O) groups excluding carboxylic acids is 1. The number of carbonyl (C=O) groups is 1. The van der Waals surface area contributed by atoms with E-state index >= 15 is 0 Å². The molecular weight excluding hydrogens is 230 g/mol. The molecule has 0 bridgehead atoms. The summed E-state index contributed by atoms with van der Waals surface area (Å²) in [7, 11) is 0. The van der Waals surface area contributed by atoms with Gasteiger partial charge < -0.3 is 21.5 Å². The lowest BCUT2D eigenvalue weighted by Crippen LogP contribution is -2.21. The fraction of sp³-hybridized carbons (Fsp3) is 0.462. The van der Waals surface area contributed by atoms with Crippen LogP contribution in [0.5, 0.6) is 0 Å². The lowest BCUT2D eigenvalue weighted by atomic mass is 10.1. The second-order valence-electron chi connectivity index (χ2n) is 5.11. The van der Waals surface area contributed by atoms with Crippen molar-refractivity contribution in [3.8, 4) is 0 Å². The normalized spacial score (nSPS) is 19.3. The third-order valence-corrected chi connectivity index (χ3v) is 3.57. The Morgan fingerprint density at radius 2 is 2.28 bits per heavy atom. The van der Waals surface area contributed by atoms with Crippen LogP contribution in [0.2, 0.25) is 0 Å². The third kappa shape index (κ3) is 2.13. The monoisotopic (exact) mass is 247 g/mol. The van der Waals surface area contributed by atoms with E-state index in [1.165, 1.54) is 0 Å². The minimum Gasteiger partial charge on any atom is -0.397 e. The first-order valence-electron chi connectivity index (χ1n) is 6.27. The predicted molar refractivity (Wildman–Crippen MR) is 70.4 cm³/mol. The molecule has 1 amide bonds. The van der Waals surface area contributed by atoms with E-state index in [2.05, 4.69) is 10.6 Å². The van der Waals surface area contributed by atoms with Crippen LogP contribution >= 0.6 is 0 Å². The number of aliphatic hydroxyl groups excluding tert-OH is 1. The van der Waals surface area contributed by atoms with E-state index in [-0.39, 0.29) is 12.0 Å². The summed E-state index contributed by atoms with van der Waals surface area (Å²) in [6.45, 7) is 0.502. The van der Waals surface area contributed by atoms with Crippen molar-refractivity contribution in [2.45, 2.75) is 25.4 Å². The molecular formula is C13H17N3O2. The number of nitrogens with two attached hydrogens (primary N) is 1. The third-order valence-electron chi connectivity index (χ3n) is 3.57. The lowest BCUT2D eigenvalue weighted by Gasteiger charge is -2.14. The maximum absolute atomic E-state index is 11.3. The smallest absolute Gasteiger partial charge is 0.228 e. The molecule has 1 aliphatic heterocycles. The van der Waals surface area contributed by atoms with E-state index < -0.39 is 0 Å². The van der Waals surface area contributed by atoms with Crippen LogP contribution in [0.25, 0.3) is 0 Å². The number of nitrogen functional groups attached to an aromatic ring is 1. The van der Waals surface area contributed by atoms with Gasteiger partial charge in [0, 0.05) is 12.2 Å². The first-order chi connectivity index (χ1) is 8.63. The maximum atomic E-state index is 11.3. The highest BCUT2D eigenvalue weighted by Crippen LogP contribution is 2.34. The molecule has 1 aliphatic carbocycles. The van der Waals surface area contributed by atoms with E-state index in [1.807, 2.05) is 12.1 Å². The van der Waals surface area contributed by atoms with Gasteiger partial charge in [-0.1, -0.05) is 0 Å². The number of aliphatic hydroxyl groups is 1. The molecule has 5 N–H and O–H groups in total. The molecule has 1 aromatic carbocycles. The summed E-state index contributed by atoms with van der Waals surface area (Å²) in [6.07, 6.45) is 2.30. The van der Waals surface area contributed by atoms with E-state index in [9.17, 15) is 9.90 Å². The summed E-state index contributed by atoms with van der Waals surface area (Å²) in [4.78, 5) is 11.3. The van der Waals surface area contributed by atoms with Gasteiger partial charge in [0.25, 0.3) is 0 Å². The van der Waals surface area contributed by atoms with E-state index in [1.54, 1.807) is 0 Å². The molecule has 0 spiro atoms. The van der Waals surface area contributed by atoms with Crippen molar-refractivity contribution < 1.29 is 9.90 Å². The van der Waals surface area contributed by atoms with E-state index in [0.29, 0.717) is 24.6 Å². The van der Waals surface area contributed by atoms with Crippen LogP contribution in [-0.4, -0.2) is 23.7 Å². The Morgan fingerprint density at radius 3 is 3.00 bits per heavy atom. The van der Waals surface area contributed by atoms with Gasteiger partial charge in [0.05, 0.1) is 23.9 Å². The molecule has 1 heterocycles. The molecule has 96 valence electrons. The fourth-order valence-corrected chi connectivity index (χ4v) is 2.31. The quantitative estimate of drug-likeness (QED) is 0.596. The SMILES string of the molecule is Nc1cc2c(cc1NCC(O)C1CC1)NC(=O)C2. The minimum atomic E-state index is -0.313. The Balaban J connectivity index is 1.72. The molecule has 1 atom stereocenters. The molecule has 5 nitrogen and oxygen atoms in total. The van der Waals surface area contributed by atoms with Gasteiger partial charge in [0.15, 0.2) is 0 Å². The number of amides is 1. The molecule has 1 saturated carbocycles. The zero-order chi connectivity index (χ0) is 12.7. The molecule has 0 radical (unpaired) electrons. The Kier molecular flexibility index (Phi) is 2.63. The van der Waals surface area contributed by atoms with Gasteiger partial charge in [-0.05, 0) is 36.5 Å². The first-order valence-corrected chi connectivity index (χ1v) is 6.27. The highest BCUT2D eigenvalue weighted by atomic mass is 16.3. The van der Waals surface area contributed by atoms with Crippen LogP contribution < -0.4 is 16.4 Å². The van der Waals surface area contributed by atoms with Crippen molar-refractivity contribution in [3.63, 3.8) is 0 Å². The van der Waals surface area contributed by atoms with Crippen molar-refractivity contribution in [1.29, 1.82) is 0 Å². The maximum Gasteiger partial charge on any atom is 0.228 e. The average Bonchev–Trinajstić information content (AvgIpc) is 3.09. The molecule has 1 fully saturated rings. The number of nitrogens with one attached hydrogen (secondary N) is 2. The van der Waals surface area contributed by atoms with Crippen molar-refractivity contribution in [3.05, 3.63) is 17.7 Å². The van der Waals surface area contributed by atoms with Gasteiger partial charge in [-0.3, -0.25) is 4.79 Å². The van der Waals surface area contributed by atoms with Gasteiger partial charge in [-0.2, -0.15) is 0 Å². The molecule has 1 aromatic rings. The molecule has 2 aliphatic rings. The average molecular weight is 247 g/mol. The standard InChI is InChI=1S/C13H17N3O2/c14-9-3-8-4-13(18)16-10(8)5-11(9)15-6-12(17)7-1-2-7/h3,5,7,12,15,17H,1-2,4,6,14H2,(H,16,18). The molecule has 0 saturated heterocycles. The predicted octanol–water partition coefficient (Wildman–Crippen LogP) is 0.946. The zero-order valence-electron chi connectivity index (χ0n) is 10.1. The number of anilines is 3. The van der Waals surface area contributed by atoms with Gasteiger partial charge in [-0.25, -0.2) is 0 Å². The number of benzene rings is 1. The Bertz CT molecular complexity index is 497. The van der Waals surface area contributed by atoms with Crippen LogP contribution in [-0.2, 0) is 11.2 Å². The summed E-state index contributed by atoms with van der Waals surface area (Å²) in [5, 5.41) is 15.7. The van der Waals surface area contributed by atoms with Crippen LogP contribution in [0.15, 0.2) is 12.1 Å². The minimum absolute atomic E-state index is 0.000403. The van der Waals surface area contributed by atoms with Crippen LogP contribution in [0.3, 0.4) is 0 Å². The first kappa shape index (κ1) is 11.3. The van der Waals surface area contributed by atoms with E-state index in [0.717, 1.165) is 29.8 Å². The molecule has 5 heteroatoms. The van der Waals surface area contributed by atoms with Crippen LogP contribution in [0, 0.1) is 5.92 Å². The zero-order valence-corrected chi connectivity index (χ0v) is 10.1.